The van der Waals surface area contributed by atoms with Gasteiger partial charge in [-0.3, -0.25) is 9.69 Å². The van der Waals surface area contributed by atoms with E-state index in [-0.39, 0.29) is 5.56 Å². The SMILES string of the molecule is CN(C)C(C(=O)O)c1cccc(F)c1F. The molecule has 0 saturated heterocycles. The standard InChI is InChI=1S/C10H11F2NO2/c1-13(2)9(10(14)15)6-4-3-5-7(11)8(6)12/h3-5,9H,1-2H3,(H,14,15). The van der Waals surface area contributed by atoms with Gasteiger partial charge in [0.2, 0.25) is 0 Å². The molecule has 0 bridgehead atoms. The second-order valence-electron chi connectivity index (χ2n) is 3.35. The number of hydrogen-bond donors (Lipinski definition) is 1. The van der Waals surface area contributed by atoms with Crippen LogP contribution in [0.2, 0.25) is 0 Å². The molecular weight excluding hydrogens is 204 g/mol. The Labute approximate surface area is 85.9 Å². The lowest BCUT2D eigenvalue weighted by Crippen LogP contribution is -2.28. The van der Waals surface area contributed by atoms with Gasteiger partial charge in [0.05, 0.1) is 0 Å². The van der Waals surface area contributed by atoms with Crippen molar-refractivity contribution in [3.63, 3.8) is 0 Å². The number of nitrogens with zero attached hydrogens (tertiary/aromatic N) is 1. The number of halogens is 2. The summed E-state index contributed by atoms with van der Waals surface area (Å²) in [5.74, 6) is -3.37. The Bertz CT molecular complexity index is 380. The minimum atomic E-state index is -1.22. The summed E-state index contributed by atoms with van der Waals surface area (Å²) in [4.78, 5) is 12.2. The molecule has 1 unspecified atom stereocenters. The molecule has 0 aliphatic carbocycles. The van der Waals surface area contributed by atoms with Crippen LogP contribution in [0.1, 0.15) is 11.6 Å². The Balaban J connectivity index is 3.23. The van der Waals surface area contributed by atoms with Gasteiger partial charge in [0.25, 0.3) is 0 Å². The maximum atomic E-state index is 13.3. The van der Waals surface area contributed by atoms with Crippen molar-refractivity contribution in [1.29, 1.82) is 0 Å². The molecule has 0 spiro atoms. The third-order valence-corrected chi connectivity index (χ3v) is 2.03. The Morgan fingerprint density at radius 3 is 2.47 bits per heavy atom. The first-order valence-electron chi connectivity index (χ1n) is 4.28. The van der Waals surface area contributed by atoms with Crippen LogP contribution in [0.25, 0.3) is 0 Å². The largest absolute Gasteiger partial charge is 0.480 e. The zero-order valence-corrected chi connectivity index (χ0v) is 8.37. The Morgan fingerprint density at radius 2 is 2.00 bits per heavy atom. The highest BCUT2D eigenvalue weighted by molar-refractivity contribution is 5.75. The summed E-state index contributed by atoms with van der Waals surface area (Å²) in [5.41, 5.74) is -0.174. The number of hydrogen-bond acceptors (Lipinski definition) is 2. The van der Waals surface area contributed by atoms with Crippen molar-refractivity contribution in [2.75, 3.05) is 14.1 Å². The monoisotopic (exact) mass is 215 g/mol. The molecule has 0 saturated carbocycles. The summed E-state index contributed by atoms with van der Waals surface area (Å²) in [7, 11) is 2.98. The highest BCUT2D eigenvalue weighted by Gasteiger charge is 2.26. The molecule has 1 aromatic rings. The molecular formula is C10H11F2NO2. The van der Waals surface area contributed by atoms with Crippen molar-refractivity contribution in [2.45, 2.75) is 6.04 Å². The van der Waals surface area contributed by atoms with Gasteiger partial charge in [-0.25, -0.2) is 8.78 Å². The molecule has 3 nitrogen and oxygen atoms in total. The zero-order chi connectivity index (χ0) is 11.6. The van der Waals surface area contributed by atoms with Crippen LogP contribution < -0.4 is 0 Å². The highest BCUT2D eigenvalue weighted by atomic mass is 19.2. The van der Waals surface area contributed by atoms with E-state index in [0.717, 1.165) is 6.07 Å². The molecule has 0 aromatic heterocycles. The fraction of sp³-hybridized carbons (Fsp3) is 0.300. The molecule has 0 heterocycles. The van der Waals surface area contributed by atoms with Crippen LogP contribution >= 0.6 is 0 Å². The van der Waals surface area contributed by atoms with Crippen molar-refractivity contribution >= 4 is 5.97 Å². The highest BCUT2D eigenvalue weighted by Crippen LogP contribution is 2.23. The van der Waals surface area contributed by atoms with Crippen LogP contribution in [0.15, 0.2) is 18.2 Å². The Hall–Kier alpha value is -1.49. The number of likely N-dealkylation sites (N-methyl/N-ethyl adjacent to an activating group) is 1. The van der Waals surface area contributed by atoms with Gasteiger partial charge >= 0.3 is 5.97 Å². The van der Waals surface area contributed by atoms with E-state index < -0.39 is 23.6 Å². The van der Waals surface area contributed by atoms with Gasteiger partial charge in [0.15, 0.2) is 11.6 Å². The summed E-state index contributed by atoms with van der Waals surface area (Å²) >= 11 is 0. The molecule has 1 rings (SSSR count). The van der Waals surface area contributed by atoms with Crippen LogP contribution in [0, 0.1) is 11.6 Å². The Kier molecular flexibility index (Phi) is 3.36. The molecule has 1 aromatic carbocycles. The Morgan fingerprint density at radius 1 is 1.40 bits per heavy atom. The number of rotatable bonds is 3. The molecule has 82 valence electrons. The number of carbonyl (C=O) groups is 1. The molecule has 0 radical (unpaired) electrons. The van der Waals surface area contributed by atoms with Crippen LogP contribution in [-0.2, 0) is 4.79 Å². The van der Waals surface area contributed by atoms with Crippen LogP contribution in [0.3, 0.4) is 0 Å². The minimum Gasteiger partial charge on any atom is -0.480 e. The quantitative estimate of drug-likeness (QED) is 0.833. The fourth-order valence-electron chi connectivity index (χ4n) is 1.36. The topological polar surface area (TPSA) is 40.5 Å². The lowest BCUT2D eigenvalue weighted by atomic mass is 10.1. The smallest absolute Gasteiger partial charge is 0.325 e. The molecule has 5 heteroatoms. The predicted molar refractivity (Wildman–Crippen MR) is 50.4 cm³/mol. The van der Waals surface area contributed by atoms with E-state index in [1.54, 1.807) is 0 Å². The first-order valence-corrected chi connectivity index (χ1v) is 4.28. The molecule has 1 N–H and O–H groups in total. The number of benzene rings is 1. The van der Waals surface area contributed by atoms with Crippen molar-refractivity contribution in [2.24, 2.45) is 0 Å². The maximum absolute atomic E-state index is 13.3. The van der Waals surface area contributed by atoms with Gasteiger partial charge in [0, 0.05) is 5.56 Å². The number of carboxylic acid groups (broad SMARTS) is 1. The summed E-state index contributed by atoms with van der Waals surface area (Å²) in [6.07, 6.45) is 0. The average molecular weight is 215 g/mol. The van der Waals surface area contributed by atoms with Crippen molar-refractivity contribution < 1.29 is 18.7 Å². The number of aliphatic carboxylic acids is 1. The summed E-state index contributed by atoms with van der Waals surface area (Å²) in [5, 5.41) is 8.88. The van der Waals surface area contributed by atoms with Gasteiger partial charge < -0.3 is 5.11 Å². The van der Waals surface area contributed by atoms with Gasteiger partial charge in [0.1, 0.15) is 6.04 Å². The number of carboxylic acids is 1. The minimum absolute atomic E-state index is 0.174. The van der Waals surface area contributed by atoms with Gasteiger partial charge in [-0.1, -0.05) is 12.1 Å². The van der Waals surface area contributed by atoms with E-state index in [9.17, 15) is 13.6 Å². The normalized spacial score (nSPS) is 12.9. The van der Waals surface area contributed by atoms with Crippen molar-refractivity contribution in [3.05, 3.63) is 35.4 Å². The first-order chi connectivity index (χ1) is 6.95. The molecule has 0 fully saturated rings. The van der Waals surface area contributed by atoms with Gasteiger partial charge in [-0.05, 0) is 20.2 Å². The van der Waals surface area contributed by atoms with Crippen molar-refractivity contribution in [1.82, 2.24) is 4.90 Å². The second kappa shape index (κ2) is 4.35. The molecule has 1 atom stereocenters. The van der Waals surface area contributed by atoms with Crippen LogP contribution in [0.4, 0.5) is 8.78 Å². The zero-order valence-electron chi connectivity index (χ0n) is 8.37. The lowest BCUT2D eigenvalue weighted by molar-refractivity contribution is -0.142. The fourth-order valence-corrected chi connectivity index (χ4v) is 1.36. The average Bonchev–Trinajstić information content (AvgIpc) is 2.11. The van der Waals surface area contributed by atoms with E-state index in [4.69, 9.17) is 5.11 Å². The van der Waals surface area contributed by atoms with E-state index in [0.29, 0.717) is 0 Å². The summed E-state index contributed by atoms with van der Waals surface area (Å²) in [6.45, 7) is 0. The maximum Gasteiger partial charge on any atom is 0.325 e. The third kappa shape index (κ3) is 2.30. The van der Waals surface area contributed by atoms with Gasteiger partial charge in [-0.2, -0.15) is 0 Å². The molecule has 0 amide bonds. The molecule has 0 aliphatic heterocycles. The summed E-state index contributed by atoms with van der Waals surface area (Å²) < 4.78 is 26.2. The van der Waals surface area contributed by atoms with E-state index in [1.807, 2.05) is 0 Å². The van der Waals surface area contributed by atoms with E-state index >= 15 is 0 Å². The predicted octanol–water partition coefficient (Wildman–Crippen LogP) is 1.65. The first kappa shape index (κ1) is 11.6. The van der Waals surface area contributed by atoms with Gasteiger partial charge in [-0.15, -0.1) is 0 Å². The van der Waals surface area contributed by atoms with Crippen molar-refractivity contribution in [3.8, 4) is 0 Å². The van der Waals surface area contributed by atoms with E-state index in [2.05, 4.69) is 0 Å². The molecule has 15 heavy (non-hydrogen) atoms. The second-order valence-corrected chi connectivity index (χ2v) is 3.35. The van der Waals surface area contributed by atoms with Crippen LogP contribution in [-0.4, -0.2) is 30.1 Å². The third-order valence-electron chi connectivity index (χ3n) is 2.03. The molecule has 0 aliphatic rings. The van der Waals surface area contributed by atoms with Crippen LogP contribution in [0.5, 0.6) is 0 Å². The van der Waals surface area contributed by atoms with E-state index in [1.165, 1.54) is 31.1 Å². The lowest BCUT2D eigenvalue weighted by Gasteiger charge is -2.20. The summed E-state index contributed by atoms with van der Waals surface area (Å²) in [6, 6.07) is 2.32.